The lowest BCUT2D eigenvalue weighted by atomic mass is 10.1. The summed E-state index contributed by atoms with van der Waals surface area (Å²) in [6.45, 7) is 0. The van der Waals surface area contributed by atoms with E-state index in [1.807, 2.05) is 31.3 Å². The molecule has 2 rings (SSSR count). The highest BCUT2D eigenvalue weighted by molar-refractivity contribution is 9.18. The standard InChI is InChI=1S/C10H11BrN2O2/c1-13-9(12-10(11)15-13)7-5-3-4-6-8(7)14-2/h3-6,9H,1-2H3. The van der Waals surface area contributed by atoms with Gasteiger partial charge in [-0.3, -0.25) is 0 Å². The van der Waals surface area contributed by atoms with Crippen molar-refractivity contribution < 1.29 is 9.57 Å². The van der Waals surface area contributed by atoms with E-state index in [0.717, 1.165) is 11.3 Å². The zero-order valence-corrected chi connectivity index (χ0v) is 10.1. The summed E-state index contributed by atoms with van der Waals surface area (Å²) in [5.74, 6) is 0.809. The van der Waals surface area contributed by atoms with Crippen LogP contribution in [0.25, 0.3) is 0 Å². The molecular formula is C10H11BrN2O2. The van der Waals surface area contributed by atoms with Gasteiger partial charge in [0.25, 0.3) is 4.81 Å². The number of benzene rings is 1. The molecule has 0 saturated heterocycles. The first-order valence-electron chi connectivity index (χ1n) is 4.49. The predicted octanol–water partition coefficient (Wildman–Crippen LogP) is 2.32. The van der Waals surface area contributed by atoms with E-state index in [1.54, 1.807) is 12.2 Å². The Morgan fingerprint density at radius 3 is 2.80 bits per heavy atom. The average Bonchev–Trinajstić information content (AvgIpc) is 2.57. The molecule has 1 atom stereocenters. The minimum absolute atomic E-state index is 0.157. The maximum atomic E-state index is 5.27. The quantitative estimate of drug-likeness (QED) is 0.827. The van der Waals surface area contributed by atoms with Gasteiger partial charge >= 0.3 is 0 Å². The van der Waals surface area contributed by atoms with Crippen molar-refractivity contribution >= 4 is 20.7 Å². The first-order valence-corrected chi connectivity index (χ1v) is 5.28. The van der Waals surface area contributed by atoms with Crippen LogP contribution in [0.2, 0.25) is 0 Å². The van der Waals surface area contributed by atoms with Gasteiger partial charge in [0, 0.05) is 28.5 Å². The van der Waals surface area contributed by atoms with Crippen molar-refractivity contribution in [2.75, 3.05) is 14.2 Å². The maximum Gasteiger partial charge on any atom is 0.278 e. The molecule has 0 fully saturated rings. The summed E-state index contributed by atoms with van der Waals surface area (Å²) >= 11 is 3.21. The zero-order chi connectivity index (χ0) is 10.8. The highest BCUT2D eigenvalue weighted by Crippen LogP contribution is 2.33. The SMILES string of the molecule is COc1ccccc1C1N=C(Br)ON1C. The summed E-state index contributed by atoms with van der Waals surface area (Å²) in [6.07, 6.45) is -0.157. The highest BCUT2D eigenvalue weighted by Gasteiger charge is 2.27. The molecule has 1 aliphatic rings. The van der Waals surface area contributed by atoms with E-state index in [4.69, 9.17) is 9.57 Å². The number of ether oxygens (including phenoxy) is 1. The molecule has 1 aromatic rings. The van der Waals surface area contributed by atoms with Crippen LogP contribution in [0.3, 0.4) is 0 Å². The Bertz CT molecular complexity index is 395. The molecule has 4 nitrogen and oxygen atoms in total. The second-order valence-electron chi connectivity index (χ2n) is 3.14. The lowest BCUT2D eigenvalue weighted by Crippen LogP contribution is -2.18. The number of hydroxylamine groups is 2. The number of hydrogen-bond donors (Lipinski definition) is 0. The third kappa shape index (κ3) is 1.98. The summed E-state index contributed by atoms with van der Waals surface area (Å²) in [4.78, 5) is 10.1. The fourth-order valence-electron chi connectivity index (χ4n) is 1.51. The van der Waals surface area contributed by atoms with Gasteiger partial charge in [0.15, 0.2) is 6.17 Å². The fraction of sp³-hybridized carbons (Fsp3) is 0.300. The minimum atomic E-state index is -0.157. The van der Waals surface area contributed by atoms with Crippen molar-refractivity contribution in [3.8, 4) is 5.75 Å². The van der Waals surface area contributed by atoms with Gasteiger partial charge < -0.3 is 9.57 Å². The highest BCUT2D eigenvalue weighted by atomic mass is 79.9. The number of hydrogen-bond acceptors (Lipinski definition) is 4. The van der Waals surface area contributed by atoms with Crippen LogP contribution in [0, 0.1) is 0 Å². The smallest absolute Gasteiger partial charge is 0.278 e. The molecule has 5 heteroatoms. The van der Waals surface area contributed by atoms with E-state index in [-0.39, 0.29) is 6.17 Å². The van der Waals surface area contributed by atoms with Crippen molar-refractivity contribution in [1.82, 2.24) is 5.06 Å². The first kappa shape index (κ1) is 10.4. The van der Waals surface area contributed by atoms with Crippen LogP contribution in [0.5, 0.6) is 5.75 Å². The molecule has 0 spiro atoms. The Balaban J connectivity index is 2.37. The summed E-state index contributed by atoms with van der Waals surface area (Å²) < 4.78 is 5.27. The summed E-state index contributed by atoms with van der Waals surface area (Å²) in [5, 5.41) is 1.67. The Labute approximate surface area is 96.6 Å². The summed E-state index contributed by atoms with van der Waals surface area (Å²) in [6, 6.07) is 7.76. The minimum Gasteiger partial charge on any atom is -0.496 e. The number of nitrogens with zero attached hydrogens (tertiary/aromatic N) is 2. The van der Waals surface area contributed by atoms with Crippen LogP contribution in [0.1, 0.15) is 11.7 Å². The normalized spacial score (nSPS) is 21.0. The van der Waals surface area contributed by atoms with Crippen molar-refractivity contribution in [3.05, 3.63) is 29.8 Å². The average molecular weight is 271 g/mol. The Kier molecular flexibility index (Phi) is 2.93. The van der Waals surface area contributed by atoms with Crippen LogP contribution in [-0.4, -0.2) is 24.0 Å². The topological polar surface area (TPSA) is 34.1 Å². The molecular weight excluding hydrogens is 260 g/mol. The van der Waals surface area contributed by atoms with E-state index in [1.165, 1.54) is 0 Å². The molecule has 0 N–H and O–H groups in total. The molecule has 80 valence electrons. The van der Waals surface area contributed by atoms with Gasteiger partial charge in [-0.2, -0.15) is 0 Å². The molecule has 0 saturated carbocycles. The number of para-hydroxylation sites is 1. The molecule has 0 amide bonds. The molecule has 0 aliphatic carbocycles. The molecule has 1 unspecified atom stereocenters. The molecule has 1 heterocycles. The maximum absolute atomic E-state index is 5.27. The molecule has 1 aliphatic heterocycles. The van der Waals surface area contributed by atoms with Crippen LogP contribution >= 0.6 is 15.9 Å². The van der Waals surface area contributed by atoms with E-state index in [0.29, 0.717) is 4.81 Å². The second-order valence-corrected chi connectivity index (χ2v) is 3.81. The Hall–Kier alpha value is -1.07. The molecule has 0 radical (unpaired) electrons. The third-order valence-electron chi connectivity index (χ3n) is 2.20. The molecule has 1 aromatic carbocycles. The largest absolute Gasteiger partial charge is 0.496 e. The monoisotopic (exact) mass is 270 g/mol. The lowest BCUT2D eigenvalue weighted by Gasteiger charge is -2.17. The van der Waals surface area contributed by atoms with E-state index in [2.05, 4.69) is 20.9 Å². The molecule has 0 aromatic heterocycles. The van der Waals surface area contributed by atoms with Gasteiger partial charge in [0.05, 0.1) is 7.11 Å². The van der Waals surface area contributed by atoms with Crippen molar-refractivity contribution in [3.63, 3.8) is 0 Å². The van der Waals surface area contributed by atoms with Crippen LogP contribution in [0.15, 0.2) is 29.3 Å². The summed E-state index contributed by atoms with van der Waals surface area (Å²) in [5.41, 5.74) is 0.983. The van der Waals surface area contributed by atoms with Gasteiger partial charge in [-0.25, -0.2) is 4.99 Å². The van der Waals surface area contributed by atoms with E-state index < -0.39 is 0 Å². The van der Waals surface area contributed by atoms with Gasteiger partial charge in [-0.05, 0) is 6.07 Å². The Morgan fingerprint density at radius 2 is 2.20 bits per heavy atom. The zero-order valence-electron chi connectivity index (χ0n) is 8.48. The van der Waals surface area contributed by atoms with E-state index >= 15 is 0 Å². The summed E-state index contributed by atoms with van der Waals surface area (Å²) in [7, 11) is 3.47. The molecule has 15 heavy (non-hydrogen) atoms. The van der Waals surface area contributed by atoms with Gasteiger partial charge in [0.2, 0.25) is 0 Å². The van der Waals surface area contributed by atoms with Crippen molar-refractivity contribution in [2.45, 2.75) is 6.17 Å². The predicted molar refractivity (Wildman–Crippen MR) is 60.9 cm³/mol. The number of methoxy groups -OCH3 is 1. The third-order valence-corrected chi connectivity index (χ3v) is 2.55. The van der Waals surface area contributed by atoms with E-state index in [9.17, 15) is 0 Å². The number of halogens is 1. The number of rotatable bonds is 2. The van der Waals surface area contributed by atoms with Crippen molar-refractivity contribution in [1.29, 1.82) is 0 Å². The lowest BCUT2D eigenvalue weighted by molar-refractivity contribution is -0.0546. The molecule has 0 bridgehead atoms. The van der Waals surface area contributed by atoms with Gasteiger partial charge in [-0.1, -0.05) is 18.2 Å². The van der Waals surface area contributed by atoms with Crippen LogP contribution in [0.4, 0.5) is 0 Å². The van der Waals surface area contributed by atoms with Gasteiger partial charge in [-0.15, -0.1) is 5.06 Å². The fourth-order valence-corrected chi connectivity index (χ4v) is 1.94. The second kappa shape index (κ2) is 4.20. The van der Waals surface area contributed by atoms with Crippen LogP contribution in [-0.2, 0) is 4.84 Å². The number of aliphatic imine (C=N–C) groups is 1. The Morgan fingerprint density at radius 1 is 1.47 bits per heavy atom. The van der Waals surface area contributed by atoms with Crippen molar-refractivity contribution in [2.24, 2.45) is 4.99 Å². The first-order chi connectivity index (χ1) is 7.22. The van der Waals surface area contributed by atoms with Crippen LogP contribution < -0.4 is 4.74 Å². The van der Waals surface area contributed by atoms with Gasteiger partial charge in [0.1, 0.15) is 5.75 Å².